The minimum atomic E-state index is -0.226. The first-order chi connectivity index (χ1) is 21.2. The Morgan fingerprint density at radius 1 is 0.867 bits per heavy atom. The first-order valence-corrected chi connectivity index (χ1v) is 15.7. The molecule has 0 aliphatic rings. The Morgan fingerprint density at radius 2 is 1.49 bits per heavy atom. The van der Waals surface area contributed by atoms with Crippen molar-refractivity contribution in [3.8, 4) is 22.4 Å². The maximum atomic E-state index is 13.5. The van der Waals surface area contributed by atoms with Crippen molar-refractivity contribution in [1.82, 2.24) is 4.98 Å². The SMILES string of the molecule is CCC(CC)C(=O)C=C(O)C(CC)CC.Cc1[c-]c(-c2nccc3cc(-c4ccc(F)cc4)c4ccccc4c23)cc(C)c1.[Ir]. The zero-order chi connectivity index (χ0) is 31.8. The van der Waals surface area contributed by atoms with Gasteiger partial charge in [-0.2, -0.15) is 0 Å². The molecule has 4 aromatic carbocycles. The molecule has 5 rings (SSSR count). The van der Waals surface area contributed by atoms with Crippen molar-refractivity contribution in [2.45, 2.75) is 67.2 Å². The van der Waals surface area contributed by atoms with Crippen molar-refractivity contribution < 1.29 is 34.4 Å². The number of pyridine rings is 1. The number of benzene rings is 4. The molecule has 0 saturated carbocycles. The van der Waals surface area contributed by atoms with E-state index in [9.17, 15) is 14.3 Å². The van der Waals surface area contributed by atoms with Gasteiger partial charge in [0.2, 0.25) is 0 Å². The van der Waals surface area contributed by atoms with Gasteiger partial charge in [-0.15, -0.1) is 34.9 Å². The number of aliphatic hydroxyl groups excluding tert-OH is 1. The summed E-state index contributed by atoms with van der Waals surface area (Å²) in [5.41, 5.74) is 6.34. The molecule has 0 spiro atoms. The summed E-state index contributed by atoms with van der Waals surface area (Å²) in [5.74, 6) is 0.321. The van der Waals surface area contributed by atoms with Crippen molar-refractivity contribution >= 4 is 27.3 Å². The van der Waals surface area contributed by atoms with Crippen LogP contribution in [0.3, 0.4) is 0 Å². The summed E-state index contributed by atoms with van der Waals surface area (Å²) < 4.78 is 13.5. The largest absolute Gasteiger partial charge is 0.512 e. The van der Waals surface area contributed by atoms with Crippen LogP contribution in [0.25, 0.3) is 43.9 Å². The molecule has 237 valence electrons. The maximum absolute atomic E-state index is 13.5. The second-order valence-corrected chi connectivity index (χ2v) is 11.5. The molecular formula is C40H43FIrNO2-. The third-order valence-corrected chi connectivity index (χ3v) is 8.41. The van der Waals surface area contributed by atoms with Crippen LogP contribution in [-0.4, -0.2) is 15.9 Å². The molecule has 1 heterocycles. The van der Waals surface area contributed by atoms with Gasteiger partial charge in [-0.1, -0.05) is 77.9 Å². The molecule has 0 unspecified atom stereocenters. The summed E-state index contributed by atoms with van der Waals surface area (Å²) in [4.78, 5) is 16.5. The first kappa shape index (κ1) is 35.8. The molecule has 5 aromatic rings. The maximum Gasteiger partial charge on any atom is 0.162 e. The van der Waals surface area contributed by atoms with Crippen LogP contribution >= 0.6 is 0 Å². The fraction of sp³-hybridized carbons (Fsp3) is 0.300. The minimum Gasteiger partial charge on any atom is -0.512 e. The summed E-state index contributed by atoms with van der Waals surface area (Å²) in [6.07, 6.45) is 6.76. The van der Waals surface area contributed by atoms with Crippen LogP contribution in [-0.2, 0) is 24.9 Å². The smallest absolute Gasteiger partial charge is 0.162 e. The van der Waals surface area contributed by atoms with Crippen LogP contribution < -0.4 is 0 Å². The van der Waals surface area contributed by atoms with Crippen LogP contribution in [0, 0.1) is 37.6 Å². The zero-order valence-electron chi connectivity index (χ0n) is 27.1. The average molecular weight is 781 g/mol. The van der Waals surface area contributed by atoms with E-state index in [2.05, 4.69) is 56.3 Å². The molecule has 1 radical (unpaired) electrons. The summed E-state index contributed by atoms with van der Waals surface area (Å²) >= 11 is 0. The predicted molar refractivity (Wildman–Crippen MR) is 182 cm³/mol. The zero-order valence-corrected chi connectivity index (χ0v) is 29.5. The molecular weight excluding hydrogens is 738 g/mol. The Labute approximate surface area is 281 Å². The number of aryl methyl sites for hydroxylation is 2. The van der Waals surface area contributed by atoms with E-state index in [4.69, 9.17) is 4.98 Å². The van der Waals surface area contributed by atoms with Gasteiger partial charge >= 0.3 is 0 Å². The van der Waals surface area contributed by atoms with Gasteiger partial charge in [-0.3, -0.25) is 4.79 Å². The molecule has 0 atom stereocenters. The molecule has 3 nitrogen and oxygen atoms in total. The Morgan fingerprint density at radius 3 is 2.09 bits per heavy atom. The van der Waals surface area contributed by atoms with Crippen LogP contribution in [0.5, 0.6) is 0 Å². The fourth-order valence-corrected chi connectivity index (χ4v) is 5.92. The molecule has 0 aliphatic carbocycles. The third kappa shape index (κ3) is 8.54. The number of carbonyl (C=O) groups is 1. The number of nitrogens with zero attached hydrogens (tertiary/aromatic N) is 1. The summed E-state index contributed by atoms with van der Waals surface area (Å²) in [7, 11) is 0. The standard InChI is InChI=1S/C27H19FN.C13H24O2.Ir/c1-17-13-18(2)15-21(14-17)27-26-20(11-12-29-27)16-25(19-7-9-22(28)10-8-19)23-5-3-4-6-24(23)26;1-5-10(6-2)12(14)9-13(15)11(7-3)8-4;/h3-14,16H,1-2H3;9-11,14H,5-8H2,1-4H3;/q-1;;. The van der Waals surface area contributed by atoms with E-state index in [0.29, 0.717) is 0 Å². The minimum absolute atomic E-state index is 0. The van der Waals surface area contributed by atoms with Crippen molar-refractivity contribution in [1.29, 1.82) is 0 Å². The Hall–Kier alpha value is -3.66. The van der Waals surface area contributed by atoms with E-state index in [-0.39, 0.29) is 49.3 Å². The van der Waals surface area contributed by atoms with Gasteiger partial charge in [-0.05, 0) is 88.3 Å². The fourth-order valence-electron chi connectivity index (χ4n) is 5.92. The van der Waals surface area contributed by atoms with Crippen LogP contribution in [0.2, 0.25) is 0 Å². The van der Waals surface area contributed by atoms with Gasteiger partial charge in [-0.25, -0.2) is 4.39 Å². The Kier molecular flexibility index (Phi) is 13.2. The number of rotatable bonds is 9. The summed E-state index contributed by atoms with van der Waals surface area (Å²) in [6.45, 7) is 12.2. The Balaban J connectivity index is 0.000000297. The van der Waals surface area contributed by atoms with Crippen molar-refractivity contribution in [2.75, 3.05) is 0 Å². The second kappa shape index (κ2) is 16.6. The first-order valence-electron chi connectivity index (χ1n) is 15.7. The number of carbonyl (C=O) groups excluding carboxylic acids is 1. The number of aromatic nitrogens is 1. The van der Waals surface area contributed by atoms with E-state index in [1.54, 1.807) is 0 Å². The van der Waals surface area contributed by atoms with Gasteiger partial charge < -0.3 is 10.1 Å². The van der Waals surface area contributed by atoms with E-state index >= 15 is 0 Å². The van der Waals surface area contributed by atoms with Gasteiger partial charge in [0.1, 0.15) is 5.82 Å². The molecule has 0 fully saturated rings. The second-order valence-electron chi connectivity index (χ2n) is 11.5. The molecule has 0 bridgehead atoms. The number of hydrogen-bond acceptors (Lipinski definition) is 3. The van der Waals surface area contributed by atoms with Crippen LogP contribution in [0.15, 0.2) is 90.8 Å². The third-order valence-electron chi connectivity index (χ3n) is 8.41. The number of hydrogen-bond donors (Lipinski definition) is 1. The van der Waals surface area contributed by atoms with Gasteiger partial charge in [0.05, 0.1) is 5.76 Å². The molecule has 45 heavy (non-hydrogen) atoms. The van der Waals surface area contributed by atoms with E-state index in [1.165, 1.54) is 23.8 Å². The normalized spacial score (nSPS) is 11.4. The van der Waals surface area contributed by atoms with Gasteiger partial charge in [0, 0.05) is 44.2 Å². The predicted octanol–water partition coefficient (Wildman–Crippen LogP) is 11.1. The van der Waals surface area contributed by atoms with E-state index in [1.807, 2.05) is 58.2 Å². The molecule has 0 saturated heterocycles. The number of ketones is 1. The van der Waals surface area contributed by atoms with Crippen LogP contribution in [0.4, 0.5) is 4.39 Å². The summed E-state index contributed by atoms with van der Waals surface area (Å²) in [6, 6.07) is 27.0. The number of fused-ring (bicyclic) bond motifs is 3. The van der Waals surface area contributed by atoms with Gasteiger partial charge in [0.15, 0.2) is 5.78 Å². The van der Waals surface area contributed by atoms with E-state index < -0.39 is 0 Å². The molecule has 5 heteroatoms. The molecule has 1 N–H and O–H groups in total. The number of aliphatic hydroxyl groups is 1. The number of halogens is 1. The molecule has 0 aliphatic heterocycles. The average Bonchev–Trinajstić information content (AvgIpc) is 3.02. The number of allylic oxidation sites excluding steroid dienone is 2. The van der Waals surface area contributed by atoms with Crippen molar-refractivity contribution in [3.05, 3.63) is 114 Å². The molecule has 0 amide bonds. The van der Waals surface area contributed by atoms with Gasteiger partial charge in [0.25, 0.3) is 0 Å². The monoisotopic (exact) mass is 781 g/mol. The van der Waals surface area contributed by atoms with E-state index in [0.717, 1.165) is 75.2 Å². The quantitative estimate of drug-likeness (QED) is 0.0701. The van der Waals surface area contributed by atoms with Crippen molar-refractivity contribution in [2.24, 2.45) is 11.8 Å². The van der Waals surface area contributed by atoms with Crippen molar-refractivity contribution in [3.63, 3.8) is 0 Å². The van der Waals surface area contributed by atoms with Crippen LogP contribution in [0.1, 0.15) is 64.5 Å². The Bertz CT molecular complexity index is 1750. The molecule has 1 aromatic heterocycles. The summed E-state index contributed by atoms with van der Waals surface area (Å²) in [5, 5.41) is 14.3. The topological polar surface area (TPSA) is 50.2 Å².